The molecular weight excluding hydrogens is 320 g/mol. The summed E-state index contributed by atoms with van der Waals surface area (Å²) >= 11 is 5.28. The van der Waals surface area contributed by atoms with Crippen molar-refractivity contribution in [2.45, 2.75) is 39.7 Å². The highest BCUT2D eigenvalue weighted by atomic mass is 79.9. The molecule has 0 aromatic carbocycles. The average molecular weight is 347 g/mol. The number of unbranched alkanes of at least 4 members (excludes halogenated alkanes) is 2. The molecule has 0 amide bonds. The number of halogens is 1. The van der Waals surface area contributed by atoms with Gasteiger partial charge in [-0.3, -0.25) is 0 Å². The number of hydrogen-bond donors (Lipinski definition) is 1. The molecule has 0 aliphatic heterocycles. The second kappa shape index (κ2) is 9.92. The monoisotopic (exact) mass is 346 g/mol. The van der Waals surface area contributed by atoms with Crippen molar-refractivity contribution in [3.05, 3.63) is 20.8 Å². The number of nitrogens with zero attached hydrogens (tertiary/aromatic N) is 1. The molecule has 0 aliphatic carbocycles. The van der Waals surface area contributed by atoms with Gasteiger partial charge in [-0.25, -0.2) is 0 Å². The molecule has 2 nitrogen and oxygen atoms in total. The molecule has 4 heteroatoms. The number of rotatable bonds is 10. The molecule has 19 heavy (non-hydrogen) atoms. The lowest BCUT2D eigenvalue weighted by Crippen LogP contribution is -2.21. The van der Waals surface area contributed by atoms with Gasteiger partial charge in [0.05, 0.1) is 3.79 Å². The Labute approximate surface area is 130 Å². The fourth-order valence-electron chi connectivity index (χ4n) is 2.02. The van der Waals surface area contributed by atoms with E-state index < -0.39 is 0 Å². The van der Waals surface area contributed by atoms with Crippen LogP contribution >= 0.6 is 27.3 Å². The van der Waals surface area contributed by atoms with Crippen molar-refractivity contribution in [2.24, 2.45) is 5.92 Å². The molecule has 1 aromatic heterocycles. The molecule has 0 bridgehead atoms. The maximum absolute atomic E-state index is 3.51. The molecule has 0 radical (unpaired) electrons. The summed E-state index contributed by atoms with van der Waals surface area (Å²) in [5, 5.41) is 5.73. The van der Waals surface area contributed by atoms with Crippen molar-refractivity contribution in [1.82, 2.24) is 10.2 Å². The summed E-state index contributed by atoms with van der Waals surface area (Å²) in [4.78, 5) is 2.41. The van der Waals surface area contributed by atoms with Crippen molar-refractivity contribution < 1.29 is 0 Å². The minimum Gasteiger partial charge on any atom is -0.316 e. The minimum absolute atomic E-state index is 0.760. The highest BCUT2D eigenvalue weighted by Gasteiger charge is 2.02. The van der Waals surface area contributed by atoms with Gasteiger partial charge in [-0.1, -0.05) is 20.3 Å². The van der Waals surface area contributed by atoms with Gasteiger partial charge in [0.25, 0.3) is 0 Å². The van der Waals surface area contributed by atoms with E-state index in [2.05, 4.69) is 58.5 Å². The predicted molar refractivity (Wildman–Crippen MR) is 89.9 cm³/mol. The number of nitrogens with one attached hydrogen (secondary N) is 1. The van der Waals surface area contributed by atoms with Crippen molar-refractivity contribution in [1.29, 1.82) is 0 Å². The highest BCUT2D eigenvalue weighted by Crippen LogP contribution is 2.21. The molecule has 1 aromatic rings. The zero-order valence-corrected chi connectivity index (χ0v) is 14.8. The Hall–Kier alpha value is 0.100. The molecule has 0 unspecified atom stereocenters. The van der Waals surface area contributed by atoms with Crippen LogP contribution in [-0.2, 0) is 6.54 Å². The van der Waals surface area contributed by atoms with E-state index >= 15 is 0 Å². The van der Waals surface area contributed by atoms with Crippen molar-refractivity contribution in [3.8, 4) is 0 Å². The second-order valence-electron chi connectivity index (χ2n) is 5.66. The summed E-state index contributed by atoms with van der Waals surface area (Å²) < 4.78 is 1.23. The van der Waals surface area contributed by atoms with E-state index in [0.29, 0.717) is 0 Å². The Morgan fingerprint density at radius 3 is 2.74 bits per heavy atom. The lowest BCUT2D eigenvalue weighted by molar-refractivity contribution is 0.317. The van der Waals surface area contributed by atoms with Crippen LogP contribution in [0.2, 0.25) is 0 Å². The quantitative estimate of drug-likeness (QED) is 0.633. The molecule has 0 saturated heterocycles. The van der Waals surface area contributed by atoms with Gasteiger partial charge >= 0.3 is 0 Å². The summed E-state index contributed by atoms with van der Waals surface area (Å²) in [5.74, 6) is 0.760. The summed E-state index contributed by atoms with van der Waals surface area (Å²) in [6.45, 7) is 9.08. The van der Waals surface area contributed by atoms with Gasteiger partial charge in [0.15, 0.2) is 0 Å². The Morgan fingerprint density at radius 2 is 2.11 bits per heavy atom. The summed E-state index contributed by atoms with van der Waals surface area (Å²) in [7, 11) is 2.21. The molecular formula is C15H27BrN2S. The molecule has 0 saturated carbocycles. The molecule has 110 valence electrons. The third kappa shape index (κ3) is 8.79. The van der Waals surface area contributed by atoms with Gasteiger partial charge in [0, 0.05) is 6.54 Å². The minimum atomic E-state index is 0.760. The smallest absolute Gasteiger partial charge is 0.0701 e. The SMILES string of the molecule is CC(C)CNCCCCCN(C)Cc1csc(Br)c1. The van der Waals surface area contributed by atoms with Crippen LogP contribution in [0, 0.1) is 5.92 Å². The topological polar surface area (TPSA) is 15.3 Å². The van der Waals surface area contributed by atoms with E-state index in [4.69, 9.17) is 0 Å². The first-order valence-corrected chi connectivity index (χ1v) is 8.87. The van der Waals surface area contributed by atoms with E-state index in [1.807, 2.05) is 0 Å². The van der Waals surface area contributed by atoms with Crippen LogP contribution in [0.25, 0.3) is 0 Å². The molecule has 1 rings (SSSR count). The van der Waals surface area contributed by atoms with Crippen LogP contribution in [0.4, 0.5) is 0 Å². The molecule has 1 N–H and O–H groups in total. The molecule has 0 spiro atoms. The molecule has 1 heterocycles. The molecule has 0 fully saturated rings. The van der Waals surface area contributed by atoms with Gasteiger partial charge in [0.2, 0.25) is 0 Å². The van der Waals surface area contributed by atoms with Crippen LogP contribution in [-0.4, -0.2) is 31.6 Å². The van der Waals surface area contributed by atoms with Crippen molar-refractivity contribution in [3.63, 3.8) is 0 Å². The zero-order chi connectivity index (χ0) is 14.1. The molecule has 0 aliphatic rings. The summed E-state index contributed by atoms with van der Waals surface area (Å²) in [5.41, 5.74) is 1.41. The van der Waals surface area contributed by atoms with E-state index in [-0.39, 0.29) is 0 Å². The van der Waals surface area contributed by atoms with E-state index in [9.17, 15) is 0 Å². The first-order chi connectivity index (χ1) is 9.08. The first-order valence-electron chi connectivity index (χ1n) is 7.20. The standard InChI is InChI=1S/C15H27BrN2S/c1-13(2)10-17-7-5-4-6-8-18(3)11-14-9-15(16)19-12-14/h9,12-13,17H,4-8,10-11H2,1-3H3. The maximum Gasteiger partial charge on any atom is 0.0701 e. The number of hydrogen-bond acceptors (Lipinski definition) is 3. The average Bonchev–Trinajstić information content (AvgIpc) is 2.73. The van der Waals surface area contributed by atoms with E-state index in [1.54, 1.807) is 11.3 Å². The molecule has 0 atom stereocenters. The largest absolute Gasteiger partial charge is 0.316 e. The highest BCUT2D eigenvalue weighted by molar-refractivity contribution is 9.11. The van der Waals surface area contributed by atoms with Gasteiger partial charge in [0.1, 0.15) is 0 Å². The predicted octanol–water partition coefficient (Wildman–Crippen LogP) is 4.36. The lowest BCUT2D eigenvalue weighted by Gasteiger charge is -2.15. The van der Waals surface area contributed by atoms with Crippen LogP contribution in [0.5, 0.6) is 0 Å². The van der Waals surface area contributed by atoms with E-state index in [0.717, 1.165) is 19.0 Å². The Morgan fingerprint density at radius 1 is 1.32 bits per heavy atom. The first kappa shape index (κ1) is 17.2. The van der Waals surface area contributed by atoms with Gasteiger partial charge < -0.3 is 10.2 Å². The van der Waals surface area contributed by atoms with Crippen molar-refractivity contribution >= 4 is 27.3 Å². The van der Waals surface area contributed by atoms with Gasteiger partial charge in [-0.15, -0.1) is 11.3 Å². The fourth-order valence-corrected chi connectivity index (χ4v) is 3.22. The van der Waals surface area contributed by atoms with Crippen LogP contribution < -0.4 is 5.32 Å². The lowest BCUT2D eigenvalue weighted by atomic mass is 10.2. The zero-order valence-electron chi connectivity index (χ0n) is 12.4. The Bertz CT molecular complexity index is 339. The Balaban J connectivity index is 1.97. The fraction of sp³-hybridized carbons (Fsp3) is 0.733. The Kier molecular flexibility index (Phi) is 8.95. The summed E-state index contributed by atoms with van der Waals surface area (Å²) in [6, 6.07) is 2.22. The second-order valence-corrected chi connectivity index (χ2v) is 7.95. The third-order valence-corrected chi connectivity index (χ3v) is 4.57. The van der Waals surface area contributed by atoms with Crippen LogP contribution in [0.15, 0.2) is 15.2 Å². The van der Waals surface area contributed by atoms with Crippen LogP contribution in [0.1, 0.15) is 38.7 Å². The third-order valence-electron chi connectivity index (χ3n) is 3.02. The van der Waals surface area contributed by atoms with Gasteiger partial charge in [-0.05, 0) is 78.4 Å². The van der Waals surface area contributed by atoms with Gasteiger partial charge in [-0.2, -0.15) is 0 Å². The normalized spacial score (nSPS) is 11.7. The maximum atomic E-state index is 3.51. The van der Waals surface area contributed by atoms with Crippen molar-refractivity contribution in [2.75, 3.05) is 26.7 Å². The summed E-state index contributed by atoms with van der Waals surface area (Å²) in [6.07, 6.45) is 3.92. The van der Waals surface area contributed by atoms with Crippen LogP contribution in [0.3, 0.4) is 0 Å². The number of thiophene rings is 1. The van der Waals surface area contributed by atoms with E-state index in [1.165, 1.54) is 41.7 Å².